The number of para-hydroxylation sites is 1. The van der Waals surface area contributed by atoms with Crippen LogP contribution in [0.25, 0.3) is 6.08 Å². The van der Waals surface area contributed by atoms with Gasteiger partial charge in [0, 0.05) is 12.1 Å². The van der Waals surface area contributed by atoms with E-state index in [0.29, 0.717) is 38.5 Å². The number of methoxy groups -OCH3 is 1. The molecule has 1 aliphatic heterocycles. The lowest BCUT2D eigenvalue weighted by Gasteiger charge is -2.25. The van der Waals surface area contributed by atoms with Gasteiger partial charge >= 0.3 is 5.97 Å². The maximum absolute atomic E-state index is 14.0. The number of aromatic nitrogens is 1. The second-order valence-electron chi connectivity index (χ2n) is 9.82. The highest BCUT2D eigenvalue weighted by molar-refractivity contribution is 7.07. The Hall–Kier alpha value is -5.16. The quantitative estimate of drug-likeness (QED) is 0.263. The molecule has 1 aliphatic rings. The lowest BCUT2D eigenvalue weighted by Crippen LogP contribution is -2.40. The number of nitrogens with one attached hydrogen (secondary N) is 1. The van der Waals surface area contributed by atoms with Crippen LogP contribution in [0.3, 0.4) is 0 Å². The van der Waals surface area contributed by atoms with Crippen molar-refractivity contribution in [3.63, 3.8) is 0 Å². The van der Waals surface area contributed by atoms with Gasteiger partial charge in [-0.3, -0.25) is 14.2 Å². The summed E-state index contributed by atoms with van der Waals surface area (Å²) in [6, 6.07) is 20.4. The van der Waals surface area contributed by atoms with Crippen LogP contribution in [0.5, 0.6) is 17.2 Å². The summed E-state index contributed by atoms with van der Waals surface area (Å²) in [7, 11) is 1.42. The van der Waals surface area contributed by atoms with E-state index in [-0.39, 0.29) is 41.8 Å². The molecule has 3 aromatic carbocycles. The molecule has 10 nitrogen and oxygen atoms in total. The Morgan fingerprint density at radius 1 is 1.07 bits per heavy atom. The first-order valence-corrected chi connectivity index (χ1v) is 14.7. The van der Waals surface area contributed by atoms with E-state index in [0.717, 1.165) is 16.9 Å². The molecule has 0 fully saturated rings. The van der Waals surface area contributed by atoms with Gasteiger partial charge in [-0.25, -0.2) is 9.79 Å². The lowest BCUT2D eigenvalue weighted by molar-refractivity contribution is -0.139. The summed E-state index contributed by atoms with van der Waals surface area (Å²) in [5, 5.41) is 13.0. The molecule has 5 rings (SSSR count). The van der Waals surface area contributed by atoms with Crippen LogP contribution < -0.4 is 29.7 Å². The fourth-order valence-corrected chi connectivity index (χ4v) is 5.87. The maximum atomic E-state index is 14.0. The number of thiazole rings is 1. The van der Waals surface area contributed by atoms with Gasteiger partial charge in [0.25, 0.3) is 11.5 Å². The number of fused-ring (bicyclic) bond motifs is 1. The minimum Gasteiger partial charge on any atom is -0.504 e. The molecular weight excluding hydrogens is 582 g/mol. The number of esters is 1. The molecule has 0 saturated carbocycles. The number of ether oxygens (including phenoxy) is 3. The second kappa shape index (κ2) is 13.4. The van der Waals surface area contributed by atoms with E-state index in [1.54, 1.807) is 56.3 Å². The van der Waals surface area contributed by atoms with Crippen LogP contribution in [0.15, 0.2) is 93.9 Å². The van der Waals surface area contributed by atoms with Crippen LogP contribution in [-0.4, -0.2) is 41.9 Å². The number of allylic oxidation sites excluding steroid dienone is 1. The van der Waals surface area contributed by atoms with Crippen molar-refractivity contribution in [2.24, 2.45) is 4.99 Å². The highest BCUT2D eigenvalue weighted by atomic mass is 32.1. The van der Waals surface area contributed by atoms with E-state index in [1.165, 1.54) is 17.7 Å². The smallest absolute Gasteiger partial charge is 0.338 e. The molecule has 0 saturated heterocycles. The molecule has 44 heavy (non-hydrogen) atoms. The fraction of sp³-hybridized carbons (Fsp3) is 0.212. The number of aromatic hydroxyl groups is 1. The van der Waals surface area contributed by atoms with E-state index in [2.05, 4.69) is 10.3 Å². The lowest BCUT2D eigenvalue weighted by atomic mass is 9.95. The number of nitrogens with zero attached hydrogens (tertiary/aromatic N) is 2. The Labute approximate surface area is 257 Å². The number of amides is 1. The first-order valence-electron chi connectivity index (χ1n) is 13.9. The predicted octanol–water partition coefficient (Wildman–Crippen LogP) is 3.21. The molecular formula is C33H31N3O7S. The summed E-state index contributed by atoms with van der Waals surface area (Å²) in [5.74, 6) is -0.330. The number of carbonyl (C=O) groups is 2. The van der Waals surface area contributed by atoms with Gasteiger partial charge in [-0.1, -0.05) is 65.9 Å². The molecule has 0 aliphatic carbocycles. The normalized spacial score (nSPS) is 14.4. The van der Waals surface area contributed by atoms with Crippen molar-refractivity contribution in [1.82, 2.24) is 9.88 Å². The van der Waals surface area contributed by atoms with Gasteiger partial charge in [-0.15, -0.1) is 0 Å². The van der Waals surface area contributed by atoms with E-state index >= 15 is 0 Å². The monoisotopic (exact) mass is 613 g/mol. The molecule has 0 radical (unpaired) electrons. The minimum atomic E-state index is -0.873. The third kappa shape index (κ3) is 6.42. The summed E-state index contributed by atoms with van der Waals surface area (Å²) in [6.07, 6.45) is 1.68. The van der Waals surface area contributed by atoms with Crippen LogP contribution in [0.1, 0.15) is 36.6 Å². The minimum absolute atomic E-state index is 0.0765. The molecule has 226 valence electrons. The Balaban J connectivity index is 1.50. The number of rotatable bonds is 10. The molecule has 1 amide bonds. The van der Waals surface area contributed by atoms with Crippen molar-refractivity contribution in [2.45, 2.75) is 26.4 Å². The van der Waals surface area contributed by atoms with Crippen LogP contribution >= 0.6 is 11.3 Å². The van der Waals surface area contributed by atoms with Crippen LogP contribution in [0.4, 0.5) is 0 Å². The summed E-state index contributed by atoms with van der Waals surface area (Å²) in [4.78, 5) is 44.6. The molecule has 0 bridgehead atoms. The zero-order chi connectivity index (χ0) is 31.2. The van der Waals surface area contributed by atoms with Crippen LogP contribution in [-0.2, 0) is 20.9 Å². The predicted molar refractivity (Wildman–Crippen MR) is 165 cm³/mol. The zero-order valence-corrected chi connectivity index (χ0v) is 25.2. The molecule has 0 spiro atoms. The number of phenols is 1. The third-order valence-corrected chi connectivity index (χ3v) is 7.92. The SMILES string of the molecule is CCOC(=O)C1=C(C)N=c2s/c(=C\c3ccccc3OCC(=O)NCc3ccccc3)c(=O)n2[C@@H]1c1ccc(O)c(OC)c1. The number of hydrogen-bond donors (Lipinski definition) is 2. The van der Waals surface area contributed by atoms with Crippen molar-refractivity contribution >= 4 is 29.3 Å². The number of hydrogen-bond acceptors (Lipinski definition) is 9. The molecule has 4 aromatic rings. The Morgan fingerprint density at radius 2 is 1.82 bits per heavy atom. The first-order chi connectivity index (χ1) is 21.3. The van der Waals surface area contributed by atoms with E-state index in [4.69, 9.17) is 14.2 Å². The van der Waals surface area contributed by atoms with Gasteiger partial charge in [0.05, 0.1) is 35.6 Å². The highest BCUT2D eigenvalue weighted by Gasteiger charge is 2.34. The number of carbonyl (C=O) groups excluding carboxylic acids is 2. The van der Waals surface area contributed by atoms with Crippen molar-refractivity contribution in [3.05, 3.63) is 120 Å². The fourth-order valence-electron chi connectivity index (χ4n) is 4.83. The van der Waals surface area contributed by atoms with Crippen LogP contribution in [0, 0.1) is 0 Å². The van der Waals surface area contributed by atoms with Gasteiger partial charge in [0.1, 0.15) is 5.75 Å². The molecule has 0 unspecified atom stereocenters. The van der Waals surface area contributed by atoms with Gasteiger partial charge in [0.15, 0.2) is 22.9 Å². The van der Waals surface area contributed by atoms with Crippen molar-refractivity contribution in [1.29, 1.82) is 0 Å². The van der Waals surface area contributed by atoms with E-state index in [9.17, 15) is 19.5 Å². The Morgan fingerprint density at radius 3 is 2.57 bits per heavy atom. The Bertz CT molecular complexity index is 1910. The summed E-state index contributed by atoms with van der Waals surface area (Å²) >= 11 is 1.16. The molecule has 2 N–H and O–H groups in total. The molecule has 1 aromatic heterocycles. The van der Waals surface area contributed by atoms with Gasteiger partial charge in [0.2, 0.25) is 0 Å². The largest absolute Gasteiger partial charge is 0.504 e. The van der Waals surface area contributed by atoms with Gasteiger partial charge in [-0.05, 0) is 49.2 Å². The van der Waals surface area contributed by atoms with Crippen molar-refractivity contribution in [2.75, 3.05) is 20.3 Å². The highest BCUT2D eigenvalue weighted by Crippen LogP contribution is 2.35. The summed E-state index contributed by atoms with van der Waals surface area (Å²) in [6.45, 7) is 3.72. The van der Waals surface area contributed by atoms with Gasteiger partial charge in [-0.2, -0.15) is 0 Å². The summed E-state index contributed by atoms with van der Waals surface area (Å²) < 4.78 is 18.3. The first kappa shape index (κ1) is 30.3. The van der Waals surface area contributed by atoms with Crippen molar-refractivity contribution < 1.29 is 28.9 Å². The van der Waals surface area contributed by atoms with E-state index in [1.807, 2.05) is 30.3 Å². The second-order valence-corrected chi connectivity index (χ2v) is 10.8. The van der Waals surface area contributed by atoms with E-state index < -0.39 is 12.0 Å². The molecule has 2 heterocycles. The summed E-state index contributed by atoms with van der Waals surface area (Å²) in [5.41, 5.74) is 2.35. The van der Waals surface area contributed by atoms with Gasteiger partial charge < -0.3 is 24.6 Å². The average Bonchev–Trinajstić information content (AvgIpc) is 3.33. The topological polar surface area (TPSA) is 128 Å². The average molecular weight is 614 g/mol. The van der Waals surface area contributed by atoms with Crippen LogP contribution in [0.2, 0.25) is 0 Å². The molecule has 11 heteroatoms. The maximum Gasteiger partial charge on any atom is 0.338 e. The zero-order valence-electron chi connectivity index (χ0n) is 24.4. The number of phenolic OH excluding ortho intramolecular Hbond substituents is 1. The standard InChI is InChI=1S/C33H31N3O7S/c1-4-42-32(40)29-20(2)35-33-36(30(29)23-14-15-24(37)26(16-23)41-3)31(39)27(44-33)17-22-12-8-9-13-25(22)43-19-28(38)34-18-21-10-6-5-7-11-21/h5-17,30,37H,4,18-19H2,1-3H3,(H,34,38)/b27-17-/t30-/m1/s1. The molecule has 1 atom stereocenters. The number of benzene rings is 3. The third-order valence-electron chi connectivity index (χ3n) is 6.93. The van der Waals surface area contributed by atoms with Crippen molar-refractivity contribution in [3.8, 4) is 17.2 Å². The Kier molecular flexibility index (Phi) is 9.25.